The number of urea groups is 1. The third kappa shape index (κ3) is 5.33. The molecule has 5 rings (SSSR count). The molecule has 15 heteroatoms. The molecule has 0 aromatic carbocycles. The Kier molecular flexibility index (Phi) is 7.84. The minimum Gasteiger partial charge on any atom is -0.319 e. The molecule has 4 heterocycles. The second-order valence-corrected chi connectivity index (χ2v) is 12.2. The van der Waals surface area contributed by atoms with Crippen LogP contribution < -0.4 is 11.1 Å². The maximum absolute atomic E-state index is 13.6. The van der Waals surface area contributed by atoms with Crippen molar-refractivity contribution in [3.8, 4) is 11.4 Å². The molecule has 3 unspecified atom stereocenters. The first-order valence-corrected chi connectivity index (χ1v) is 15.7. The van der Waals surface area contributed by atoms with Gasteiger partial charge in [0, 0.05) is 30.2 Å². The lowest BCUT2D eigenvalue weighted by Crippen LogP contribution is -2.64. The Bertz CT molecular complexity index is 1310. The number of nitrogens with zero attached hydrogens (tertiary/aromatic N) is 6. The molecule has 3 N–H and O–H groups in total. The van der Waals surface area contributed by atoms with E-state index in [2.05, 4.69) is 56.4 Å². The van der Waals surface area contributed by atoms with Gasteiger partial charge in [-0.1, -0.05) is 13.8 Å². The number of rotatable bonds is 5. The van der Waals surface area contributed by atoms with Gasteiger partial charge in [0.25, 0.3) is 0 Å². The summed E-state index contributed by atoms with van der Waals surface area (Å²) in [5.74, 6) is 0.405. The lowest BCUT2D eigenvalue weighted by atomic mass is 9.82. The average molecular weight is 668 g/mol. The van der Waals surface area contributed by atoms with Crippen LogP contribution in [0.1, 0.15) is 39.5 Å². The number of pyridine rings is 1. The van der Waals surface area contributed by atoms with Crippen LogP contribution in [0.4, 0.5) is 23.7 Å². The van der Waals surface area contributed by atoms with Crippen LogP contribution in [0.3, 0.4) is 0 Å². The highest BCUT2D eigenvalue weighted by Crippen LogP contribution is 2.54. The Hall–Kier alpha value is -1.56. The summed E-state index contributed by atoms with van der Waals surface area (Å²) in [6.07, 6.45) is 1.41. The first-order valence-electron chi connectivity index (χ1n) is 11.7. The summed E-state index contributed by atoms with van der Waals surface area (Å²) in [7, 11) is 0. The molecule has 0 radical (unpaired) electrons. The van der Waals surface area contributed by atoms with E-state index in [9.17, 15) is 18.0 Å². The Labute approximate surface area is 230 Å². The number of amides is 2. The van der Waals surface area contributed by atoms with Crippen molar-refractivity contribution in [3.63, 3.8) is 0 Å². The van der Waals surface area contributed by atoms with E-state index in [1.807, 2.05) is 10.7 Å². The molecule has 1 aliphatic carbocycles. The fourth-order valence-electron chi connectivity index (χ4n) is 4.94. The first-order chi connectivity index (χ1) is 16.9. The quantitative estimate of drug-likeness (QED) is 0.287. The molecule has 1 saturated carbocycles. The predicted octanol–water partition coefficient (Wildman–Crippen LogP) is 5.22. The summed E-state index contributed by atoms with van der Waals surface area (Å²) >= 11 is 2.19. The van der Waals surface area contributed by atoms with E-state index in [0.29, 0.717) is 35.8 Å². The van der Waals surface area contributed by atoms with E-state index in [1.54, 1.807) is 23.0 Å². The van der Waals surface area contributed by atoms with Gasteiger partial charge in [-0.25, -0.2) is 9.25 Å². The molecule has 3 atom stereocenters. The summed E-state index contributed by atoms with van der Waals surface area (Å²) in [4.78, 5) is 19.4. The average Bonchev–Trinajstić information content (AvgIpc) is 3.25. The zero-order valence-electron chi connectivity index (χ0n) is 20.5. The summed E-state index contributed by atoms with van der Waals surface area (Å²) in [6.45, 7) is 4.92. The van der Waals surface area contributed by atoms with Gasteiger partial charge in [0.15, 0.2) is 0 Å². The minimum absolute atomic E-state index is 0. The number of fused-ring (bicyclic) bond motifs is 1. The van der Waals surface area contributed by atoms with Crippen LogP contribution in [0.25, 0.3) is 22.3 Å². The molecular weight excluding hydrogens is 638 g/mol. The molecule has 202 valence electrons. The van der Waals surface area contributed by atoms with E-state index in [4.69, 9.17) is 5.73 Å². The van der Waals surface area contributed by atoms with Crippen molar-refractivity contribution < 1.29 is 18.0 Å². The molecule has 1 aliphatic heterocycles. The van der Waals surface area contributed by atoms with Gasteiger partial charge in [-0.15, -0.1) is 0 Å². The van der Waals surface area contributed by atoms with Crippen LogP contribution in [-0.4, -0.2) is 59.0 Å². The molecule has 37 heavy (non-hydrogen) atoms. The lowest BCUT2D eigenvalue weighted by Gasteiger charge is -2.46. The largest absolute Gasteiger partial charge is 0.406 e. The number of carbonyl (C=O) groups excluding carboxylic acids is 1. The lowest BCUT2D eigenvalue weighted by molar-refractivity contribution is -0.201. The molecule has 3 aromatic heterocycles. The molecule has 2 fully saturated rings. The van der Waals surface area contributed by atoms with Gasteiger partial charge in [-0.3, -0.25) is 9.67 Å². The Morgan fingerprint density at radius 3 is 2.65 bits per heavy atom. The number of anilines is 1. The normalized spacial score (nSPS) is 21.2. The number of alkyl halides is 3. The number of halogens is 4. The molecule has 1 saturated heterocycles. The van der Waals surface area contributed by atoms with Crippen LogP contribution in [0, 0.1) is 5.92 Å². The van der Waals surface area contributed by atoms with Gasteiger partial charge in [0.2, 0.25) is 0 Å². The Balaban J connectivity index is 0.00000320. The third-order valence-corrected chi connectivity index (χ3v) is 8.87. The first kappa shape index (κ1) is 28.4. The van der Waals surface area contributed by atoms with Gasteiger partial charge in [0.05, 0.1) is 35.7 Å². The summed E-state index contributed by atoms with van der Waals surface area (Å²) in [6, 6.07) is 1.46. The number of hydrogen-bond donors (Lipinski definition) is 2. The van der Waals surface area contributed by atoms with Crippen molar-refractivity contribution in [2.24, 2.45) is 11.7 Å². The van der Waals surface area contributed by atoms with E-state index in [1.165, 1.54) is 4.90 Å². The number of nitrogens with one attached hydrogen (secondary N) is 1. The van der Waals surface area contributed by atoms with Crippen molar-refractivity contribution in [1.82, 2.24) is 29.2 Å². The van der Waals surface area contributed by atoms with E-state index >= 15 is 0 Å². The molecular formula is C22H30F3IN8OP2. The second kappa shape index (κ2) is 10.2. The van der Waals surface area contributed by atoms with Crippen molar-refractivity contribution in [2.45, 2.75) is 63.3 Å². The van der Waals surface area contributed by atoms with Crippen LogP contribution in [0.5, 0.6) is 0 Å². The number of hydrogen-bond acceptors (Lipinski definition) is 5. The summed E-state index contributed by atoms with van der Waals surface area (Å²) in [5.41, 5.74) is 5.08. The van der Waals surface area contributed by atoms with Crippen LogP contribution >= 0.6 is 38.3 Å². The number of carbonyl (C=O) groups is 1. The molecule has 9 nitrogen and oxygen atoms in total. The fraction of sp³-hybridized carbons (Fsp3) is 0.545. The molecule has 2 aliphatic rings. The highest BCUT2D eigenvalue weighted by molar-refractivity contribution is 14.2. The maximum atomic E-state index is 13.6. The van der Waals surface area contributed by atoms with Gasteiger partial charge in [0.1, 0.15) is 11.2 Å². The van der Waals surface area contributed by atoms with Gasteiger partial charge in [-0.2, -0.15) is 33.3 Å². The zero-order valence-corrected chi connectivity index (χ0v) is 25.1. The topological polar surface area (TPSA) is 107 Å². The minimum atomic E-state index is -4.51. The molecule has 0 bridgehead atoms. The van der Waals surface area contributed by atoms with Crippen molar-refractivity contribution >= 4 is 60.9 Å². The molecule has 3 aromatic rings. The predicted molar refractivity (Wildman–Crippen MR) is 152 cm³/mol. The van der Waals surface area contributed by atoms with Gasteiger partial charge < -0.3 is 16.0 Å². The van der Waals surface area contributed by atoms with Crippen LogP contribution in [-0.2, 0) is 6.54 Å². The smallest absolute Gasteiger partial charge is 0.319 e. The molecule has 2 amide bonds. The third-order valence-electron chi connectivity index (χ3n) is 6.98. The van der Waals surface area contributed by atoms with Crippen LogP contribution in [0.15, 0.2) is 24.7 Å². The SMILES string of the molecule is CC(C)Cn1ncc2cnc(-c3nn(PI)cc3NC(=O)N3CCC(N)(C(F)(F)F)CC34CC4)cc21.P. The Morgan fingerprint density at radius 1 is 1.30 bits per heavy atom. The van der Waals surface area contributed by atoms with Gasteiger partial charge >= 0.3 is 12.2 Å². The van der Waals surface area contributed by atoms with Gasteiger partial charge in [-0.05, 0) is 59.7 Å². The highest BCUT2D eigenvalue weighted by atomic mass is 127. The second-order valence-electron chi connectivity index (χ2n) is 10.2. The van der Waals surface area contributed by atoms with Crippen molar-refractivity contribution in [2.75, 3.05) is 11.9 Å². The maximum Gasteiger partial charge on any atom is 0.406 e. The fourth-order valence-corrected chi connectivity index (χ4v) is 6.00. The van der Waals surface area contributed by atoms with Crippen molar-refractivity contribution in [1.29, 1.82) is 0 Å². The number of aromatic nitrogens is 5. The van der Waals surface area contributed by atoms with E-state index in [0.717, 1.165) is 17.4 Å². The number of nitrogens with two attached hydrogens (primary N) is 1. The molecule has 1 spiro atoms. The monoisotopic (exact) mass is 668 g/mol. The number of piperidine rings is 1. The van der Waals surface area contributed by atoms with Crippen LogP contribution in [0.2, 0.25) is 0 Å². The summed E-state index contributed by atoms with van der Waals surface area (Å²) < 4.78 is 44.3. The van der Waals surface area contributed by atoms with E-state index in [-0.39, 0.29) is 35.7 Å². The highest BCUT2D eigenvalue weighted by Gasteiger charge is 2.64. The zero-order chi connectivity index (χ0) is 25.9. The van der Waals surface area contributed by atoms with E-state index < -0.39 is 23.3 Å². The standard InChI is InChI=1S/C22H27F3IN8OP.H3P/c1-13(2)10-33-17-7-15(28-8-14(17)9-29-33)18-16(11-34(31-18)36-26)30-19(35)32-6-5-21(27,22(23,24)25)12-20(32)3-4-20;/h7-9,11,13,36H,3-6,10,12,27H2,1-2H3,(H,30,35);1H3. The summed E-state index contributed by atoms with van der Waals surface area (Å²) in [5, 5.41) is 12.9. The number of likely N-dealkylation sites (tertiary alicyclic amines) is 1. The van der Waals surface area contributed by atoms with Crippen molar-refractivity contribution in [3.05, 3.63) is 24.7 Å². The Morgan fingerprint density at radius 2 is 2.03 bits per heavy atom.